The van der Waals surface area contributed by atoms with Gasteiger partial charge in [-0.05, 0) is 87.9 Å². The fourth-order valence-electron chi connectivity index (χ4n) is 5.41. The lowest BCUT2D eigenvalue weighted by atomic mass is 9.71. The maximum Gasteiger partial charge on any atom is 0.391 e. The van der Waals surface area contributed by atoms with E-state index in [4.69, 9.17) is 4.74 Å². The Morgan fingerprint density at radius 2 is 1.24 bits per heavy atom. The van der Waals surface area contributed by atoms with Gasteiger partial charge in [-0.3, -0.25) is 0 Å². The van der Waals surface area contributed by atoms with Crippen LogP contribution in [-0.4, -0.2) is 18.9 Å². The van der Waals surface area contributed by atoms with E-state index in [0.717, 1.165) is 30.6 Å². The van der Waals surface area contributed by atoms with Crippen molar-refractivity contribution in [2.75, 3.05) is 6.61 Å². The zero-order chi connectivity index (χ0) is 17.9. The van der Waals surface area contributed by atoms with Crippen LogP contribution in [0.15, 0.2) is 0 Å². The fraction of sp³-hybridized carbons (Fsp3) is 1.00. The molecular formula is C21H35F3O. The molecule has 0 aromatic rings. The van der Waals surface area contributed by atoms with Crippen LogP contribution in [0.5, 0.6) is 0 Å². The van der Waals surface area contributed by atoms with Crippen molar-refractivity contribution in [1.29, 1.82) is 0 Å². The van der Waals surface area contributed by atoms with Gasteiger partial charge in [0.25, 0.3) is 0 Å². The molecule has 0 bridgehead atoms. The molecule has 0 spiro atoms. The Kier molecular flexibility index (Phi) is 6.73. The minimum Gasteiger partial charge on any atom is -0.378 e. The molecule has 0 heterocycles. The van der Waals surface area contributed by atoms with E-state index < -0.39 is 12.1 Å². The molecule has 0 amide bonds. The zero-order valence-corrected chi connectivity index (χ0v) is 15.7. The summed E-state index contributed by atoms with van der Waals surface area (Å²) in [7, 11) is 0. The topological polar surface area (TPSA) is 9.23 Å². The molecule has 0 aromatic carbocycles. The SMILES string of the molecule is CC1CCC(C2CCC(OCC3CCC(C(F)(F)F)CC3)CC2)CC1. The lowest BCUT2D eigenvalue weighted by molar-refractivity contribution is -0.185. The van der Waals surface area contributed by atoms with Crippen LogP contribution in [0.4, 0.5) is 13.2 Å². The third-order valence-corrected chi connectivity index (χ3v) is 7.32. The first-order valence-electron chi connectivity index (χ1n) is 10.6. The number of rotatable bonds is 4. The van der Waals surface area contributed by atoms with Crippen molar-refractivity contribution < 1.29 is 17.9 Å². The Morgan fingerprint density at radius 3 is 1.76 bits per heavy atom. The zero-order valence-electron chi connectivity index (χ0n) is 15.7. The Bertz CT molecular complexity index is 384. The van der Waals surface area contributed by atoms with E-state index in [1.54, 1.807) is 0 Å². The summed E-state index contributed by atoms with van der Waals surface area (Å²) < 4.78 is 44.3. The second-order valence-electron chi connectivity index (χ2n) is 9.15. The van der Waals surface area contributed by atoms with E-state index in [-0.39, 0.29) is 0 Å². The number of alkyl halides is 3. The fourth-order valence-corrected chi connectivity index (χ4v) is 5.41. The summed E-state index contributed by atoms with van der Waals surface area (Å²) in [6, 6.07) is 0. The molecule has 4 heteroatoms. The van der Waals surface area contributed by atoms with Crippen molar-refractivity contribution >= 4 is 0 Å². The van der Waals surface area contributed by atoms with Gasteiger partial charge in [0, 0.05) is 6.61 Å². The molecule has 0 saturated heterocycles. The number of halogens is 3. The van der Waals surface area contributed by atoms with E-state index in [1.807, 2.05) is 0 Å². The smallest absolute Gasteiger partial charge is 0.378 e. The monoisotopic (exact) mass is 360 g/mol. The van der Waals surface area contributed by atoms with Gasteiger partial charge >= 0.3 is 6.18 Å². The van der Waals surface area contributed by atoms with Crippen molar-refractivity contribution in [2.45, 2.75) is 96.3 Å². The van der Waals surface area contributed by atoms with Crippen LogP contribution in [0.2, 0.25) is 0 Å². The summed E-state index contributed by atoms with van der Waals surface area (Å²) in [5.41, 5.74) is 0. The largest absolute Gasteiger partial charge is 0.391 e. The van der Waals surface area contributed by atoms with Crippen LogP contribution in [0.3, 0.4) is 0 Å². The highest BCUT2D eigenvalue weighted by Gasteiger charge is 2.41. The molecule has 0 aromatic heterocycles. The van der Waals surface area contributed by atoms with Crippen LogP contribution >= 0.6 is 0 Å². The van der Waals surface area contributed by atoms with Gasteiger partial charge in [0.15, 0.2) is 0 Å². The van der Waals surface area contributed by atoms with Crippen molar-refractivity contribution in [3.8, 4) is 0 Å². The molecule has 3 aliphatic carbocycles. The van der Waals surface area contributed by atoms with Gasteiger partial charge in [0.1, 0.15) is 0 Å². The van der Waals surface area contributed by atoms with Gasteiger partial charge in [-0.2, -0.15) is 13.2 Å². The van der Waals surface area contributed by atoms with Gasteiger partial charge < -0.3 is 4.74 Å². The van der Waals surface area contributed by atoms with E-state index in [2.05, 4.69) is 6.92 Å². The van der Waals surface area contributed by atoms with E-state index >= 15 is 0 Å². The average molecular weight is 361 g/mol. The molecule has 0 atom stereocenters. The maximum absolute atomic E-state index is 12.7. The molecule has 3 aliphatic rings. The minimum absolute atomic E-state index is 0.296. The predicted octanol–water partition coefficient (Wildman–Crippen LogP) is 6.76. The average Bonchev–Trinajstić information content (AvgIpc) is 2.61. The first kappa shape index (κ1) is 19.5. The molecular weight excluding hydrogens is 325 g/mol. The number of hydrogen-bond donors (Lipinski definition) is 0. The standard InChI is InChI=1S/C21H35F3O/c1-15-2-6-17(7-3-15)18-8-12-20(13-9-18)25-14-16-4-10-19(11-5-16)21(22,23)24/h15-20H,2-14H2,1H3. The second kappa shape index (κ2) is 8.63. The molecule has 146 valence electrons. The van der Waals surface area contributed by atoms with Crippen LogP contribution in [0.1, 0.15) is 84.0 Å². The Labute approximate surface area is 151 Å². The number of hydrogen-bond acceptors (Lipinski definition) is 1. The third kappa shape index (κ3) is 5.61. The summed E-state index contributed by atoms with van der Waals surface area (Å²) in [4.78, 5) is 0. The molecule has 0 radical (unpaired) electrons. The van der Waals surface area contributed by atoms with Crippen molar-refractivity contribution in [2.24, 2.45) is 29.6 Å². The highest BCUT2D eigenvalue weighted by molar-refractivity contribution is 4.82. The molecule has 3 fully saturated rings. The van der Waals surface area contributed by atoms with Crippen molar-refractivity contribution in [3.63, 3.8) is 0 Å². The summed E-state index contributed by atoms with van der Waals surface area (Å²) in [6.07, 6.45) is 8.87. The van der Waals surface area contributed by atoms with Gasteiger partial charge in [0.05, 0.1) is 12.0 Å². The summed E-state index contributed by atoms with van der Waals surface area (Å²) >= 11 is 0. The molecule has 0 aliphatic heterocycles. The van der Waals surface area contributed by atoms with E-state index in [0.29, 0.717) is 44.3 Å². The first-order chi connectivity index (χ1) is 11.9. The number of ether oxygens (including phenoxy) is 1. The quantitative estimate of drug-likeness (QED) is 0.538. The third-order valence-electron chi connectivity index (χ3n) is 7.32. The highest BCUT2D eigenvalue weighted by atomic mass is 19.4. The lowest BCUT2D eigenvalue weighted by Gasteiger charge is -2.37. The normalized spacial score (nSPS) is 40.8. The molecule has 1 nitrogen and oxygen atoms in total. The Morgan fingerprint density at radius 1 is 0.720 bits per heavy atom. The van der Waals surface area contributed by atoms with Gasteiger partial charge in [-0.15, -0.1) is 0 Å². The molecule has 0 N–H and O–H groups in total. The van der Waals surface area contributed by atoms with Crippen molar-refractivity contribution in [3.05, 3.63) is 0 Å². The van der Waals surface area contributed by atoms with E-state index in [1.165, 1.54) is 38.5 Å². The minimum atomic E-state index is -4.00. The first-order valence-corrected chi connectivity index (χ1v) is 10.6. The van der Waals surface area contributed by atoms with Crippen LogP contribution in [0.25, 0.3) is 0 Å². The molecule has 3 saturated carbocycles. The van der Waals surface area contributed by atoms with Gasteiger partial charge in [-0.25, -0.2) is 0 Å². The predicted molar refractivity (Wildman–Crippen MR) is 94.3 cm³/mol. The summed E-state index contributed by atoms with van der Waals surface area (Å²) in [5, 5.41) is 0. The lowest BCUT2D eigenvalue weighted by Crippen LogP contribution is -2.31. The van der Waals surface area contributed by atoms with Crippen LogP contribution < -0.4 is 0 Å². The molecule has 0 unspecified atom stereocenters. The summed E-state index contributed by atoms with van der Waals surface area (Å²) in [5.74, 6) is 2.03. The Balaban J connectivity index is 1.31. The molecule has 25 heavy (non-hydrogen) atoms. The van der Waals surface area contributed by atoms with Crippen LogP contribution in [-0.2, 0) is 4.74 Å². The summed E-state index contributed by atoms with van der Waals surface area (Å²) in [6.45, 7) is 3.06. The maximum atomic E-state index is 12.7. The van der Waals surface area contributed by atoms with E-state index in [9.17, 15) is 13.2 Å². The van der Waals surface area contributed by atoms with Crippen LogP contribution in [0, 0.1) is 29.6 Å². The molecule has 3 rings (SSSR count). The second-order valence-corrected chi connectivity index (χ2v) is 9.15. The van der Waals surface area contributed by atoms with Gasteiger partial charge in [0.2, 0.25) is 0 Å². The van der Waals surface area contributed by atoms with Crippen molar-refractivity contribution in [1.82, 2.24) is 0 Å². The van der Waals surface area contributed by atoms with Gasteiger partial charge in [-0.1, -0.05) is 19.8 Å². The Hall–Kier alpha value is -0.250. The highest BCUT2D eigenvalue weighted by Crippen LogP contribution is 2.42.